The summed E-state index contributed by atoms with van der Waals surface area (Å²) in [4.78, 5) is 31.7. The highest BCUT2D eigenvalue weighted by molar-refractivity contribution is 5.88. The van der Waals surface area contributed by atoms with Gasteiger partial charge in [-0.05, 0) is 45.2 Å². The lowest BCUT2D eigenvalue weighted by atomic mass is 9.94. The minimum atomic E-state index is -0.0720. The van der Waals surface area contributed by atoms with Crippen LogP contribution in [0.5, 0.6) is 5.75 Å². The van der Waals surface area contributed by atoms with Crippen LogP contribution in [-0.2, 0) is 18.4 Å². The first-order valence-corrected chi connectivity index (χ1v) is 15.1. The van der Waals surface area contributed by atoms with E-state index in [0.717, 1.165) is 54.8 Å². The topological polar surface area (TPSA) is 140 Å². The van der Waals surface area contributed by atoms with Crippen LogP contribution >= 0.6 is 0 Å². The quantitative estimate of drug-likeness (QED) is 0.200. The summed E-state index contributed by atoms with van der Waals surface area (Å²) < 4.78 is 7.51. The molecule has 4 rings (SSSR count). The monoisotopic (exact) mass is 599 g/mol. The van der Waals surface area contributed by atoms with E-state index in [0.29, 0.717) is 35.3 Å². The van der Waals surface area contributed by atoms with Gasteiger partial charge in [-0.25, -0.2) is 0 Å². The number of rotatable bonds is 13. The number of aliphatic imine (C=N–C) groups is 1. The Morgan fingerprint density at radius 3 is 2.55 bits per heavy atom. The first-order chi connectivity index (χ1) is 21.1. The van der Waals surface area contributed by atoms with Crippen LogP contribution in [0.4, 0.5) is 5.69 Å². The first-order valence-electron chi connectivity index (χ1n) is 15.1. The second kappa shape index (κ2) is 14.7. The maximum absolute atomic E-state index is 12.4. The number of amides is 1. The van der Waals surface area contributed by atoms with Crippen molar-refractivity contribution < 1.29 is 9.53 Å². The second-order valence-corrected chi connectivity index (χ2v) is 11.5. The SMILES string of the molecule is CC/C=C/C(=C\N=C(C)C1CN(Cc2cccn(C)c2=O)C1)c1cccc(NC(/C=C(\N)NC(=O)C2CC2)=C(\C)N)c1OC. The fourth-order valence-corrected chi connectivity index (χ4v) is 4.96. The van der Waals surface area contributed by atoms with E-state index in [1.165, 1.54) is 0 Å². The van der Waals surface area contributed by atoms with Crippen molar-refractivity contribution in [2.24, 2.45) is 35.3 Å². The summed E-state index contributed by atoms with van der Waals surface area (Å²) in [5.74, 6) is 1.14. The zero-order valence-corrected chi connectivity index (χ0v) is 26.4. The van der Waals surface area contributed by atoms with Gasteiger partial charge in [-0.1, -0.05) is 37.3 Å². The molecule has 0 radical (unpaired) electrons. The third-order valence-electron chi connectivity index (χ3n) is 7.82. The van der Waals surface area contributed by atoms with Gasteiger partial charge in [0.2, 0.25) is 5.91 Å². The zero-order valence-electron chi connectivity index (χ0n) is 26.4. The summed E-state index contributed by atoms with van der Waals surface area (Å²) in [5.41, 5.74) is 17.7. The number of allylic oxidation sites excluding steroid dienone is 5. The molecule has 1 saturated heterocycles. The summed E-state index contributed by atoms with van der Waals surface area (Å²) in [5, 5.41) is 6.09. The maximum atomic E-state index is 12.4. The fraction of sp³-hybridized carbons (Fsp3) is 0.382. The molecule has 1 amide bonds. The molecule has 0 atom stereocenters. The number of hydrogen-bond donors (Lipinski definition) is 4. The van der Waals surface area contributed by atoms with Crippen molar-refractivity contribution in [3.8, 4) is 5.75 Å². The molecule has 1 aromatic heterocycles. The summed E-state index contributed by atoms with van der Waals surface area (Å²) in [6.45, 7) is 8.25. The predicted octanol–water partition coefficient (Wildman–Crippen LogP) is 4.22. The van der Waals surface area contributed by atoms with E-state index in [1.54, 1.807) is 37.9 Å². The molecule has 1 saturated carbocycles. The average Bonchev–Trinajstić information content (AvgIpc) is 3.82. The van der Waals surface area contributed by atoms with Gasteiger partial charge in [0.25, 0.3) is 5.56 Å². The molecule has 2 aromatic rings. The fourth-order valence-electron chi connectivity index (χ4n) is 4.96. The van der Waals surface area contributed by atoms with Gasteiger partial charge in [0.15, 0.2) is 0 Å². The van der Waals surface area contributed by atoms with Crippen LogP contribution < -0.4 is 32.4 Å². The van der Waals surface area contributed by atoms with Gasteiger partial charge >= 0.3 is 0 Å². The smallest absolute Gasteiger partial charge is 0.254 e. The van der Waals surface area contributed by atoms with Gasteiger partial charge in [0.05, 0.1) is 18.5 Å². The van der Waals surface area contributed by atoms with E-state index in [2.05, 4.69) is 35.5 Å². The largest absolute Gasteiger partial charge is 0.494 e. The Balaban J connectivity index is 1.52. The zero-order chi connectivity index (χ0) is 31.8. The third-order valence-corrected chi connectivity index (χ3v) is 7.82. The number of benzene rings is 1. The Kier molecular flexibility index (Phi) is 10.8. The van der Waals surface area contributed by atoms with Gasteiger partial charge in [-0.2, -0.15) is 0 Å². The normalized spacial score (nSPS) is 17.3. The molecule has 10 nitrogen and oxygen atoms in total. The molecule has 0 bridgehead atoms. The highest BCUT2D eigenvalue weighted by atomic mass is 16.5. The number of aromatic nitrogens is 1. The van der Waals surface area contributed by atoms with Crippen LogP contribution in [-0.4, -0.2) is 41.3 Å². The minimum absolute atomic E-state index is 0.0406. The third kappa shape index (κ3) is 8.29. The molecule has 6 N–H and O–H groups in total. The number of pyridine rings is 1. The molecule has 1 aliphatic carbocycles. The lowest BCUT2D eigenvalue weighted by molar-refractivity contribution is -0.121. The Labute approximate surface area is 259 Å². The van der Waals surface area contributed by atoms with Gasteiger partial charge in [0.1, 0.15) is 11.6 Å². The van der Waals surface area contributed by atoms with E-state index in [-0.39, 0.29) is 23.2 Å². The molecule has 0 spiro atoms. The molecule has 44 heavy (non-hydrogen) atoms. The van der Waals surface area contributed by atoms with E-state index >= 15 is 0 Å². The molecule has 2 heterocycles. The van der Waals surface area contributed by atoms with Gasteiger partial charge in [-0.15, -0.1) is 0 Å². The van der Waals surface area contributed by atoms with Crippen molar-refractivity contribution in [3.63, 3.8) is 0 Å². The van der Waals surface area contributed by atoms with Gasteiger partial charge < -0.3 is 31.4 Å². The number of nitrogens with zero attached hydrogens (tertiary/aromatic N) is 3. The number of nitrogens with one attached hydrogen (secondary N) is 2. The van der Waals surface area contributed by atoms with E-state index in [9.17, 15) is 9.59 Å². The Hall–Kier alpha value is -4.57. The number of para-hydroxylation sites is 1. The van der Waals surface area contributed by atoms with Gasteiger partial charge in [0, 0.05) is 85.1 Å². The van der Waals surface area contributed by atoms with Crippen LogP contribution in [0.25, 0.3) is 5.57 Å². The van der Waals surface area contributed by atoms with Crippen molar-refractivity contribution in [2.75, 3.05) is 25.5 Å². The molecule has 0 unspecified atom stereocenters. The Morgan fingerprint density at radius 2 is 1.89 bits per heavy atom. The molecule has 1 aromatic carbocycles. The standard InChI is InChI=1S/C34H45N7O3/c1-6-7-10-25(18-37-23(3)27-20-41(21-27)19-26-11-9-16-40(4)34(26)43)28-12-8-13-29(32(28)44-5)38-30(22(2)35)17-31(36)39-33(42)24-14-15-24/h7-13,16-18,24,27,38H,6,14-15,19-21,35-36H2,1-5H3,(H,39,42)/b10-7+,25-18+,30-22+,31-17+,37-23?. The van der Waals surface area contributed by atoms with E-state index in [4.69, 9.17) is 21.2 Å². The molecule has 234 valence electrons. The van der Waals surface area contributed by atoms with Crippen LogP contribution in [0, 0.1) is 11.8 Å². The van der Waals surface area contributed by atoms with E-state index in [1.807, 2.05) is 42.6 Å². The number of aryl methyl sites for hydroxylation is 1. The minimum Gasteiger partial charge on any atom is -0.494 e. The number of ether oxygens (including phenoxy) is 1. The molecular weight excluding hydrogens is 554 g/mol. The lowest BCUT2D eigenvalue weighted by Gasteiger charge is -2.39. The summed E-state index contributed by atoms with van der Waals surface area (Å²) in [6, 6.07) is 9.63. The molecule has 10 heteroatoms. The summed E-state index contributed by atoms with van der Waals surface area (Å²) >= 11 is 0. The van der Waals surface area contributed by atoms with Crippen molar-refractivity contribution in [1.82, 2.24) is 14.8 Å². The number of hydrogen-bond acceptors (Lipinski definition) is 8. The highest BCUT2D eigenvalue weighted by Gasteiger charge is 2.30. The molecular formula is C34H45N7O3. The number of carbonyl (C=O) groups excluding carboxylic acids is 1. The number of anilines is 1. The Bertz CT molecular complexity index is 1570. The summed E-state index contributed by atoms with van der Waals surface area (Å²) in [6.07, 6.45) is 12.1. The first kappa shape index (κ1) is 32.3. The second-order valence-electron chi connectivity index (χ2n) is 11.5. The predicted molar refractivity (Wildman–Crippen MR) is 178 cm³/mol. The highest BCUT2D eigenvalue weighted by Crippen LogP contribution is 2.36. The van der Waals surface area contributed by atoms with Crippen molar-refractivity contribution in [1.29, 1.82) is 0 Å². The number of carbonyl (C=O) groups is 1. The molecule has 2 fully saturated rings. The maximum Gasteiger partial charge on any atom is 0.254 e. The van der Waals surface area contributed by atoms with Crippen LogP contribution in [0.3, 0.4) is 0 Å². The molecule has 1 aliphatic heterocycles. The van der Waals surface area contributed by atoms with Crippen molar-refractivity contribution >= 4 is 22.9 Å². The average molecular weight is 600 g/mol. The Morgan fingerprint density at radius 1 is 1.14 bits per heavy atom. The van der Waals surface area contributed by atoms with Crippen LogP contribution in [0.1, 0.15) is 51.2 Å². The van der Waals surface area contributed by atoms with Crippen molar-refractivity contribution in [3.05, 3.63) is 99.7 Å². The number of nitrogens with two attached hydrogens (primary N) is 2. The van der Waals surface area contributed by atoms with Crippen molar-refractivity contribution in [2.45, 2.75) is 46.6 Å². The van der Waals surface area contributed by atoms with Gasteiger partial charge in [-0.3, -0.25) is 19.5 Å². The van der Waals surface area contributed by atoms with Crippen LogP contribution in [0.15, 0.2) is 88.0 Å². The summed E-state index contributed by atoms with van der Waals surface area (Å²) in [7, 11) is 3.40. The van der Waals surface area contributed by atoms with E-state index < -0.39 is 0 Å². The lowest BCUT2D eigenvalue weighted by Crippen LogP contribution is -2.49. The molecule has 2 aliphatic rings. The number of likely N-dealkylation sites (tertiary alicyclic amines) is 1. The number of methoxy groups -OCH3 is 1. The van der Waals surface area contributed by atoms with Crippen LogP contribution in [0.2, 0.25) is 0 Å².